The van der Waals surface area contributed by atoms with E-state index in [4.69, 9.17) is 0 Å². The molecule has 1 aliphatic rings. The Morgan fingerprint density at radius 1 is 1.25 bits per heavy atom. The van der Waals surface area contributed by atoms with Crippen LogP contribution in [0.25, 0.3) is 11.0 Å². The molecule has 0 saturated carbocycles. The second-order valence-corrected chi connectivity index (χ2v) is 5.94. The number of nitrogens with zero attached hydrogens (tertiary/aromatic N) is 4. The molecule has 24 heavy (non-hydrogen) atoms. The molecular weight excluding hydrogens is 308 g/mol. The average Bonchev–Trinajstić information content (AvgIpc) is 3.21. The van der Waals surface area contributed by atoms with Crippen molar-refractivity contribution in [2.45, 2.75) is 32.2 Å². The van der Waals surface area contributed by atoms with Gasteiger partial charge in [-0.1, -0.05) is 0 Å². The number of aromatic nitrogens is 5. The van der Waals surface area contributed by atoms with E-state index in [-0.39, 0.29) is 11.5 Å². The Balaban J connectivity index is 1.58. The molecular formula is C16H16N6O2. The number of carbonyl (C=O) groups is 1. The lowest BCUT2D eigenvalue weighted by Gasteiger charge is -2.15. The lowest BCUT2D eigenvalue weighted by Crippen LogP contribution is -2.33. The molecule has 8 nitrogen and oxygen atoms in total. The number of H-pyrrole nitrogens is 1. The van der Waals surface area contributed by atoms with Crippen LogP contribution in [-0.4, -0.2) is 31.1 Å². The van der Waals surface area contributed by atoms with Crippen LogP contribution in [0.15, 0.2) is 29.1 Å². The van der Waals surface area contributed by atoms with Gasteiger partial charge in [-0.2, -0.15) is 20.5 Å². The molecule has 3 aromatic rings. The third kappa shape index (κ3) is 2.45. The zero-order valence-electron chi connectivity index (χ0n) is 13.1. The molecule has 0 bridgehead atoms. The number of nitrogens with one attached hydrogen (secondary N) is 2. The first-order chi connectivity index (χ1) is 11.6. The summed E-state index contributed by atoms with van der Waals surface area (Å²) in [5, 5.41) is 17.7. The summed E-state index contributed by atoms with van der Waals surface area (Å²) in [5.74, 6) is -0.301. The van der Waals surface area contributed by atoms with Crippen LogP contribution >= 0.6 is 0 Å². The second-order valence-electron chi connectivity index (χ2n) is 5.94. The van der Waals surface area contributed by atoms with Gasteiger partial charge in [0.1, 0.15) is 17.1 Å². The first-order valence-corrected chi connectivity index (χ1v) is 7.85. The van der Waals surface area contributed by atoms with Crippen molar-refractivity contribution in [3.63, 3.8) is 0 Å². The van der Waals surface area contributed by atoms with Gasteiger partial charge < -0.3 is 5.32 Å². The van der Waals surface area contributed by atoms with E-state index in [0.29, 0.717) is 11.2 Å². The number of benzene rings is 1. The number of fused-ring (bicyclic) bond motifs is 2. The van der Waals surface area contributed by atoms with E-state index in [9.17, 15) is 9.59 Å². The summed E-state index contributed by atoms with van der Waals surface area (Å²) in [5.41, 5.74) is 3.65. The van der Waals surface area contributed by atoms with Crippen molar-refractivity contribution in [1.82, 2.24) is 25.2 Å². The predicted octanol–water partition coefficient (Wildman–Crippen LogP) is 1.20. The van der Waals surface area contributed by atoms with Crippen LogP contribution < -0.4 is 10.9 Å². The Hall–Kier alpha value is -3.03. The summed E-state index contributed by atoms with van der Waals surface area (Å²) in [6.07, 6.45) is 2.74. The number of aryl methyl sites for hydroxylation is 2. The van der Waals surface area contributed by atoms with Crippen LogP contribution in [0.3, 0.4) is 0 Å². The van der Waals surface area contributed by atoms with Crippen molar-refractivity contribution >= 4 is 22.6 Å². The fourth-order valence-corrected chi connectivity index (χ4v) is 2.97. The quantitative estimate of drug-likeness (QED) is 0.753. The Morgan fingerprint density at radius 2 is 2.08 bits per heavy atom. The van der Waals surface area contributed by atoms with Crippen molar-refractivity contribution in [2.24, 2.45) is 0 Å². The fourth-order valence-electron chi connectivity index (χ4n) is 2.97. The van der Waals surface area contributed by atoms with Crippen molar-refractivity contribution in [2.75, 3.05) is 5.32 Å². The van der Waals surface area contributed by atoms with E-state index in [2.05, 4.69) is 25.8 Å². The highest BCUT2D eigenvalue weighted by molar-refractivity contribution is 5.95. The molecule has 0 radical (unpaired) electrons. The van der Waals surface area contributed by atoms with Gasteiger partial charge in [0.05, 0.1) is 5.69 Å². The first kappa shape index (κ1) is 14.6. The molecule has 1 aromatic carbocycles. The molecule has 2 aromatic heterocycles. The van der Waals surface area contributed by atoms with Crippen LogP contribution in [0.5, 0.6) is 0 Å². The molecule has 0 unspecified atom stereocenters. The molecule has 2 N–H and O–H groups in total. The molecule has 122 valence electrons. The molecule has 0 fully saturated rings. The van der Waals surface area contributed by atoms with E-state index in [1.807, 2.05) is 0 Å². The van der Waals surface area contributed by atoms with Gasteiger partial charge in [-0.05, 0) is 49.9 Å². The van der Waals surface area contributed by atoms with Gasteiger partial charge in [0, 0.05) is 11.8 Å². The smallest absolute Gasteiger partial charge is 0.267 e. The number of rotatable bonds is 3. The maximum atomic E-state index is 12.5. The molecule has 4 rings (SSSR count). The summed E-state index contributed by atoms with van der Waals surface area (Å²) in [6, 6.07) is 6.13. The number of carbonyl (C=O) groups excluding carboxylic acids is 1. The third-order valence-electron chi connectivity index (χ3n) is 4.31. The first-order valence-electron chi connectivity index (χ1n) is 7.85. The minimum absolute atomic E-state index is 0.245. The minimum Gasteiger partial charge on any atom is -0.324 e. The molecule has 0 aliphatic heterocycles. The SMILES string of the molecule is C[C@H](C(=O)Nc1ccc2n[nH]nc2c1)n1nc2c(cc1=O)CCC2. The summed E-state index contributed by atoms with van der Waals surface area (Å²) in [7, 11) is 0. The van der Waals surface area contributed by atoms with E-state index >= 15 is 0 Å². The molecule has 1 aliphatic carbocycles. The zero-order chi connectivity index (χ0) is 16.7. The second kappa shape index (κ2) is 5.55. The third-order valence-corrected chi connectivity index (χ3v) is 4.31. The van der Waals surface area contributed by atoms with E-state index < -0.39 is 6.04 Å². The molecule has 1 atom stereocenters. The number of anilines is 1. The van der Waals surface area contributed by atoms with Gasteiger partial charge >= 0.3 is 0 Å². The number of amides is 1. The minimum atomic E-state index is -0.698. The highest BCUT2D eigenvalue weighted by Gasteiger charge is 2.21. The van der Waals surface area contributed by atoms with Crippen LogP contribution in [0.1, 0.15) is 30.6 Å². The largest absolute Gasteiger partial charge is 0.324 e. The van der Waals surface area contributed by atoms with Gasteiger partial charge in [-0.3, -0.25) is 9.59 Å². The van der Waals surface area contributed by atoms with Gasteiger partial charge in [0.2, 0.25) is 5.91 Å². The van der Waals surface area contributed by atoms with E-state index in [1.165, 1.54) is 4.68 Å². The number of aromatic amines is 1. The van der Waals surface area contributed by atoms with Crippen molar-refractivity contribution in [3.05, 3.63) is 45.9 Å². The van der Waals surface area contributed by atoms with Crippen LogP contribution in [-0.2, 0) is 17.6 Å². The topological polar surface area (TPSA) is 106 Å². The Bertz CT molecular complexity index is 990. The lowest BCUT2D eigenvalue weighted by molar-refractivity contribution is -0.119. The highest BCUT2D eigenvalue weighted by Crippen LogP contribution is 2.19. The Labute approximate surface area is 136 Å². The normalized spacial score (nSPS) is 14.5. The zero-order valence-corrected chi connectivity index (χ0v) is 13.1. The van der Waals surface area contributed by atoms with E-state index in [1.54, 1.807) is 31.2 Å². The average molecular weight is 324 g/mol. The predicted molar refractivity (Wildman–Crippen MR) is 87.8 cm³/mol. The summed E-state index contributed by atoms with van der Waals surface area (Å²) in [6.45, 7) is 1.67. The molecule has 0 spiro atoms. The summed E-state index contributed by atoms with van der Waals surface area (Å²) in [4.78, 5) is 24.7. The maximum absolute atomic E-state index is 12.5. The van der Waals surface area contributed by atoms with Gasteiger partial charge in [0.15, 0.2) is 0 Å². The van der Waals surface area contributed by atoms with Crippen LogP contribution in [0.4, 0.5) is 5.69 Å². The molecule has 1 amide bonds. The van der Waals surface area contributed by atoms with Crippen molar-refractivity contribution < 1.29 is 4.79 Å². The summed E-state index contributed by atoms with van der Waals surface area (Å²) < 4.78 is 1.26. The van der Waals surface area contributed by atoms with Gasteiger partial charge in [0.25, 0.3) is 5.56 Å². The maximum Gasteiger partial charge on any atom is 0.267 e. The van der Waals surface area contributed by atoms with Crippen LogP contribution in [0, 0.1) is 0 Å². The fraction of sp³-hybridized carbons (Fsp3) is 0.312. The highest BCUT2D eigenvalue weighted by atomic mass is 16.2. The molecule has 2 heterocycles. The van der Waals surface area contributed by atoms with Crippen molar-refractivity contribution in [1.29, 1.82) is 0 Å². The monoisotopic (exact) mass is 324 g/mol. The van der Waals surface area contributed by atoms with Crippen LogP contribution in [0.2, 0.25) is 0 Å². The van der Waals surface area contributed by atoms with E-state index in [0.717, 1.165) is 36.0 Å². The summed E-state index contributed by atoms with van der Waals surface area (Å²) >= 11 is 0. The van der Waals surface area contributed by atoms with Gasteiger partial charge in [-0.15, -0.1) is 0 Å². The van der Waals surface area contributed by atoms with Gasteiger partial charge in [-0.25, -0.2) is 4.68 Å². The Morgan fingerprint density at radius 3 is 2.96 bits per heavy atom. The Kier molecular flexibility index (Phi) is 3.37. The van der Waals surface area contributed by atoms with Crippen molar-refractivity contribution in [3.8, 4) is 0 Å². The number of hydrogen-bond acceptors (Lipinski definition) is 5. The molecule has 8 heteroatoms. The standard InChI is InChI=1S/C16H16N6O2/c1-9(22-15(23)7-10-3-2-4-12(10)20-22)16(24)17-11-5-6-13-14(8-11)19-21-18-13/h5-9H,2-4H2,1H3,(H,17,24)(H,18,19,21)/t9-/m1/s1. The lowest BCUT2D eigenvalue weighted by atomic mass is 10.2. The molecule has 0 saturated heterocycles. The number of hydrogen-bond donors (Lipinski definition) is 2.